The van der Waals surface area contributed by atoms with E-state index >= 15 is 0 Å². The first kappa shape index (κ1) is 31.0. The number of carbonyl (C=O) groups is 2. The predicted molar refractivity (Wildman–Crippen MR) is 141 cm³/mol. The van der Waals surface area contributed by atoms with Gasteiger partial charge >= 0.3 is 6.03 Å². The number of hydrogen-bond donors (Lipinski definition) is 4. The van der Waals surface area contributed by atoms with E-state index in [4.69, 9.17) is 0 Å². The third kappa shape index (κ3) is 10.2. The molecule has 4 heterocycles. The van der Waals surface area contributed by atoms with E-state index in [0.717, 1.165) is 68.9 Å². The van der Waals surface area contributed by atoms with Gasteiger partial charge in [-0.15, -0.1) is 0 Å². The quantitative estimate of drug-likeness (QED) is 0.155. The van der Waals surface area contributed by atoms with E-state index in [0.29, 0.717) is 18.2 Å². The number of nitrogens with one attached hydrogen (secondary N) is 3. The Kier molecular flexibility index (Phi) is 14.0. The zero-order valence-electron chi connectivity index (χ0n) is 20.9. The Balaban J connectivity index is 0.00000241. The second-order valence-electron chi connectivity index (χ2n) is 9.20. The number of urea groups is 1. The predicted octanol–water partition coefficient (Wildman–Crippen LogP) is 2.23. The molecule has 2 aromatic rings. The SMILES string of the molecule is O=C(CCCC[C@@H]1SC[C@@H]2NC(=O)N[C@@H]21)NCCN(CCc1ccccn1)CCc1ccccn1.[Cu].[OH]. The third-order valence-corrected chi connectivity index (χ3v) is 8.16. The second-order valence-corrected chi connectivity index (χ2v) is 10.5. The van der Waals surface area contributed by atoms with Crippen molar-refractivity contribution in [3.05, 3.63) is 60.2 Å². The van der Waals surface area contributed by atoms with E-state index in [2.05, 4.69) is 43.0 Å². The van der Waals surface area contributed by atoms with Crippen LogP contribution in [-0.4, -0.2) is 81.5 Å². The van der Waals surface area contributed by atoms with Crippen molar-refractivity contribution in [3.8, 4) is 0 Å². The van der Waals surface area contributed by atoms with Gasteiger partial charge in [0, 0.05) is 97.3 Å². The summed E-state index contributed by atoms with van der Waals surface area (Å²) in [6.07, 6.45) is 8.90. The van der Waals surface area contributed by atoms with Crippen molar-refractivity contribution in [2.45, 2.75) is 55.9 Å². The van der Waals surface area contributed by atoms with Gasteiger partial charge in [0.05, 0.1) is 12.1 Å². The molecule has 37 heavy (non-hydrogen) atoms. The molecule has 0 aromatic carbocycles. The van der Waals surface area contributed by atoms with E-state index in [1.165, 1.54) is 0 Å². The molecule has 2 aliphatic rings. The summed E-state index contributed by atoms with van der Waals surface area (Å²) in [6, 6.07) is 12.5. The molecule has 3 atom stereocenters. The van der Waals surface area contributed by atoms with Gasteiger partial charge in [-0.1, -0.05) is 18.6 Å². The number of pyridine rings is 2. The van der Waals surface area contributed by atoms with E-state index < -0.39 is 0 Å². The average molecular weight is 577 g/mol. The molecule has 2 saturated heterocycles. The molecular weight excluding hydrogens is 540 g/mol. The third-order valence-electron chi connectivity index (χ3n) is 6.65. The number of unbranched alkanes of at least 4 members (excludes halogenated alkanes) is 1. The molecule has 0 bridgehead atoms. The molecule has 3 amide bonds. The van der Waals surface area contributed by atoms with E-state index in [1.807, 2.05) is 48.4 Å². The number of hydrogen-bond acceptors (Lipinski definition) is 6. The van der Waals surface area contributed by atoms with Crippen LogP contribution in [0.4, 0.5) is 4.79 Å². The maximum atomic E-state index is 12.4. The van der Waals surface area contributed by atoms with Crippen LogP contribution in [0.25, 0.3) is 0 Å². The van der Waals surface area contributed by atoms with Gasteiger partial charge in [0.1, 0.15) is 0 Å². The molecule has 4 N–H and O–H groups in total. The zero-order valence-corrected chi connectivity index (χ0v) is 22.7. The van der Waals surface area contributed by atoms with Crippen LogP contribution in [0.1, 0.15) is 37.1 Å². The summed E-state index contributed by atoms with van der Waals surface area (Å²) in [6.45, 7) is 3.24. The normalized spacial score (nSPS) is 19.8. The van der Waals surface area contributed by atoms with Gasteiger partial charge < -0.3 is 20.9 Å². The molecule has 9 nitrogen and oxygen atoms in total. The molecule has 206 valence electrons. The topological polar surface area (TPSA) is 129 Å². The Morgan fingerprint density at radius 2 is 1.68 bits per heavy atom. The van der Waals surface area contributed by atoms with Crippen molar-refractivity contribution >= 4 is 23.7 Å². The molecule has 2 fully saturated rings. The number of aromatic nitrogens is 2. The average Bonchev–Trinajstić information content (AvgIpc) is 3.43. The molecule has 2 aromatic heterocycles. The van der Waals surface area contributed by atoms with Crippen molar-refractivity contribution < 1.29 is 32.1 Å². The Bertz CT molecular complexity index is 899. The fourth-order valence-corrected chi connectivity index (χ4v) is 6.23. The Morgan fingerprint density at radius 1 is 1.00 bits per heavy atom. The molecule has 11 heteroatoms. The first-order valence-electron chi connectivity index (χ1n) is 12.6. The zero-order chi connectivity index (χ0) is 24.3. The summed E-state index contributed by atoms with van der Waals surface area (Å²) in [5.74, 6) is 1.10. The number of amides is 3. The van der Waals surface area contributed by atoms with Crippen molar-refractivity contribution in [1.82, 2.24) is 30.8 Å². The van der Waals surface area contributed by atoms with Gasteiger partial charge in [-0.2, -0.15) is 11.8 Å². The fourth-order valence-electron chi connectivity index (χ4n) is 4.69. The summed E-state index contributed by atoms with van der Waals surface area (Å²) in [5, 5.41) is 9.56. The summed E-state index contributed by atoms with van der Waals surface area (Å²) in [4.78, 5) is 35.1. The van der Waals surface area contributed by atoms with E-state index in [-0.39, 0.29) is 46.6 Å². The van der Waals surface area contributed by atoms with Crippen LogP contribution < -0.4 is 16.0 Å². The maximum Gasteiger partial charge on any atom is 0.315 e. The van der Waals surface area contributed by atoms with Crippen molar-refractivity contribution in [2.24, 2.45) is 0 Å². The van der Waals surface area contributed by atoms with Crippen LogP contribution >= 0.6 is 11.8 Å². The largest absolute Gasteiger partial charge is 0.355 e. The molecule has 0 saturated carbocycles. The van der Waals surface area contributed by atoms with Gasteiger partial charge in [0.25, 0.3) is 0 Å². The Hall–Kier alpha value is -2.17. The maximum absolute atomic E-state index is 12.4. The van der Waals surface area contributed by atoms with Crippen LogP contribution in [0.5, 0.6) is 0 Å². The van der Waals surface area contributed by atoms with E-state index in [1.54, 1.807) is 0 Å². The first-order valence-corrected chi connectivity index (χ1v) is 13.7. The molecule has 4 rings (SSSR count). The number of fused-ring (bicyclic) bond motifs is 1. The molecule has 0 unspecified atom stereocenters. The Morgan fingerprint density at radius 3 is 2.30 bits per heavy atom. The number of nitrogens with zero attached hydrogens (tertiary/aromatic N) is 3. The van der Waals surface area contributed by atoms with Gasteiger partial charge in [-0.05, 0) is 37.1 Å². The second kappa shape index (κ2) is 16.6. The number of thioether (sulfide) groups is 1. The number of carbonyl (C=O) groups excluding carboxylic acids is 2. The molecule has 0 aliphatic carbocycles. The fraction of sp³-hybridized carbons (Fsp3) is 0.538. The summed E-state index contributed by atoms with van der Waals surface area (Å²) in [5.41, 5.74) is 2.16. The van der Waals surface area contributed by atoms with E-state index in [9.17, 15) is 9.59 Å². The van der Waals surface area contributed by atoms with Crippen LogP contribution in [0.3, 0.4) is 0 Å². The van der Waals surface area contributed by atoms with Gasteiger partial charge in [0.2, 0.25) is 5.91 Å². The number of rotatable bonds is 14. The van der Waals surface area contributed by atoms with Crippen LogP contribution in [0, 0.1) is 0 Å². The summed E-state index contributed by atoms with van der Waals surface area (Å²) < 4.78 is 0. The monoisotopic (exact) mass is 576 g/mol. The first-order chi connectivity index (χ1) is 17.2. The van der Waals surface area contributed by atoms with Crippen LogP contribution in [-0.2, 0) is 34.7 Å². The smallest absolute Gasteiger partial charge is 0.315 e. The molecule has 0 spiro atoms. The molecule has 2 radical (unpaired) electrons. The minimum Gasteiger partial charge on any atom is -0.355 e. The summed E-state index contributed by atoms with van der Waals surface area (Å²) in [7, 11) is 0. The van der Waals surface area contributed by atoms with Crippen LogP contribution in [0.15, 0.2) is 48.8 Å². The van der Waals surface area contributed by atoms with Crippen molar-refractivity contribution in [2.75, 3.05) is 31.9 Å². The Labute approximate surface area is 234 Å². The van der Waals surface area contributed by atoms with Crippen LogP contribution in [0.2, 0.25) is 0 Å². The minimum absolute atomic E-state index is 0. The van der Waals surface area contributed by atoms with Gasteiger partial charge in [0.15, 0.2) is 0 Å². The van der Waals surface area contributed by atoms with Crippen molar-refractivity contribution in [1.29, 1.82) is 0 Å². The van der Waals surface area contributed by atoms with Gasteiger partial charge in [-0.25, -0.2) is 4.79 Å². The standard InChI is InChI=1S/C26H36N6O2S.Cu.HO/c33-24(10-2-1-9-23-25-22(19-35-23)30-26(34)31-25)29-15-18-32(16-11-20-7-3-5-13-27-20)17-12-21-8-4-6-14-28-21;;/h3-8,13-14,22-23,25H,1-2,9-12,15-19H2,(H,29,33)(H2,30,31,34);;1H/t22-,23-,25-;;/m0../s1. The molecule has 2 aliphatic heterocycles. The summed E-state index contributed by atoms with van der Waals surface area (Å²) >= 11 is 1.93. The molecular formula is C26H37CuN6O3S. The van der Waals surface area contributed by atoms with Gasteiger partial charge in [-0.3, -0.25) is 20.2 Å². The minimum atomic E-state index is -0.0428. The van der Waals surface area contributed by atoms with Crippen molar-refractivity contribution in [3.63, 3.8) is 0 Å².